The second-order valence-electron chi connectivity index (χ2n) is 4.05. The molecule has 2 rings (SSSR count). The summed E-state index contributed by atoms with van der Waals surface area (Å²) in [4.78, 5) is 38.8. The number of nitrogens with zero attached hydrogens (tertiary/aromatic N) is 2. The average molecular weight is 489 g/mol. The van der Waals surface area contributed by atoms with Crippen LogP contribution in [-0.2, 0) is 52.6 Å². The number of likely N-dealkylation sites (N-methyl/N-ethyl adjacent to an activating group) is 1. The number of hydrogen-bond donors (Lipinski definition) is 1. The molecule has 1 radical (unpaired) electrons. The molecule has 1 aliphatic rings. The van der Waals surface area contributed by atoms with E-state index in [9.17, 15) is 14.4 Å². The van der Waals surface area contributed by atoms with E-state index < -0.39 is 22.6 Å². The van der Waals surface area contributed by atoms with Gasteiger partial charge in [0.1, 0.15) is 4.87 Å². The minimum absolute atomic E-state index is 0. The van der Waals surface area contributed by atoms with Gasteiger partial charge >= 0.3 is 11.8 Å². The topological polar surface area (TPSA) is 79.4 Å². The summed E-state index contributed by atoms with van der Waals surface area (Å²) in [5.41, 5.74) is 0.754. The number of piperazine rings is 1. The van der Waals surface area contributed by atoms with Gasteiger partial charge in [-0.25, -0.2) is 0 Å². The van der Waals surface area contributed by atoms with Gasteiger partial charge in [0.25, 0.3) is 5.91 Å². The summed E-state index contributed by atoms with van der Waals surface area (Å²) >= 11 is 4.96. The molecule has 0 bridgehead atoms. The van der Waals surface area contributed by atoms with E-state index in [0.29, 0.717) is 0 Å². The van der Waals surface area contributed by atoms with Crippen LogP contribution in [0.2, 0.25) is 0 Å². The standard InChI is InChI=1S/C11H11N3O3S2.Ir/c1-14-9(16)8(15)13-10(17)11(14,19-18)5-7-3-2-4-12-6-7;/h2-4,6,18H,5H2,1H3,(H,13,15,17);/p-1. The molecule has 0 aromatic carbocycles. The molecule has 1 unspecified atom stereocenters. The van der Waals surface area contributed by atoms with E-state index in [1.54, 1.807) is 24.5 Å². The van der Waals surface area contributed by atoms with Crippen molar-refractivity contribution in [3.05, 3.63) is 30.1 Å². The van der Waals surface area contributed by atoms with Crippen molar-refractivity contribution in [1.82, 2.24) is 15.2 Å². The SMILES string of the molecule is CN1C(=O)C(=O)NC(=O)C1(Cc1cccnc1)S[S-].[Ir]. The Morgan fingerprint density at radius 1 is 1.45 bits per heavy atom. The number of carbonyl (C=O) groups excluding carboxylic acids is 3. The van der Waals surface area contributed by atoms with Crippen molar-refractivity contribution in [1.29, 1.82) is 0 Å². The number of pyridine rings is 1. The van der Waals surface area contributed by atoms with Gasteiger partial charge in [0.2, 0.25) is 0 Å². The molecule has 0 spiro atoms. The minimum Gasteiger partial charge on any atom is -0.716 e. The zero-order chi connectivity index (χ0) is 14.0. The van der Waals surface area contributed by atoms with Crippen LogP contribution in [0.3, 0.4) is 0 Å². The number of imide groups is 1. The van der Waals surface area contributed by atoms with Gasteiger partial charge in [-0.1, -0.05) is 6.07 Å². The fourth-order valence-electron chi connectivity index (χ4n) is 1.82. The number of rotatable bonds is 3. The van der Waals surface area contributed by atoms with Crippen LogP contribution in [0.1, 0.15) is 5.56 Å². The van der Waals surface area contributed by atoms with Crippen molar-refractivity contribution in [2.75, 3.05) is 7.05 Å². The van der Waals surface area contributed by atoms with Crippen molar-refractivity contribution in [3.63, 3.8) is 0 Å². The van der Waals surface area contributed by atoms with E-state index in [4.69, 9.17) is 11.7 Å². The zero-order valence-electron chi connectivity index (χ0n) is 10.3. The van der Waals surface area contributed by atoms with Crippen LogP contribution < -0.4 is 5.32 Å². The second kappa shape index (κ2) is 6.71. The fraction of sp³-hybridized carbons (Fsp3) is 0.273. The average Bonchev–Trinajstić information content (AvgIpc) is 2.42. The molecule has 1 aromatic rings. The largest absolute Gasteiger partial charge is 0.716 e. The van der Waals surface area contributed by atoms with Crippen molar-refractivity contribution < 1.29 is 34.5 Å². The van der Waals surface area contributed by atoms with E-state index in [-0.39, 0.29) is 26.5 Å². The van der Waals surface area contributed by atoms with Crippen molar-refractivity contribution in [2.45, 2.75) is 11.3 Å². The molecule has 2 heterocycles. The molecule has 6 nitrogen and oxygen atoms in total. The Kier molecular flexibility index (Phi) is 5.76. The van der Waals surface area contributed by atoms with E-state index in [1.165, 1.54) is 7.05 Å². The Morgan fingerprint density at radius 2 is 2.15 bits per heavy atom. The van der Waals surface area contributed by atoms with Crippen LogP contribution in [0.25, 0.3) is 0 Å². The summed E-state index contributed by atoms with van der Waals surface area (Å²) in [6.07, 6.45) is 3.39. The first kappa shape index (κ1) is 17.2. The first-order chi connectivity index (χ1) is 9.01. The van der Waals surface area contributed by atoms with Gasteiger partial charge in [0.05, 0.1) is 0 Å². The quantitative estimate of drug-likeness (QED) is 0.271. The van der Waals surface area contributed by atoms with Crippen LogP contribution in [-0.4, -0.2) is 39.5 Å². The molecule has 0 saturated carbocycles. The van der Waals surface area contributed by atoms with Crippen molar-refractivity contribution in [2.24, 2.45) is 0 Å². The van der Waals surface area contributed by atoms with E-state index in [2.05, 4.69) is 4.98 Å². The number of carbonyl (C=O) groups is 3. The third kappa shape index (κ3) is 2.90. The summed E-state index contributed by atoms with van der Waals surface area (Å²) in [5, 5.41) is 2.04. The van der Waals surface area contributed by atoms with Gasteiger partial charge < -0.3 is 16.6 Å². The molecule has 1 N–H and O–H groups in total. The Bertz CT molecular complexity index is 543. The summed E-state index contributed by atoms with van der Waals surface area (Å²) in [6.45, 7) is 0. The molecule has 1 fully saturated rings. The number of aromatic nitrogens is 1. The summed E-state index contributed by atoms with van der Waals surface area (Å²) < 4.78 is 0. The first-order valence-corrected chi connectivity index (χ1v) is 7.09. The second-order valence-corrected chi connectivity index (χ2v) is 5.40. The third-order valence-electron chi connectivity index (χ3n) is 2.93. The maximum absolute atomic E-state index is 12.1. The van der Waals surface area contributed by atoms with Crippen LogP contribution in [0, 0.1) is 0 Å². The molecule has 20 heavy (non-hydrogen) atoms. The maximum Gasteiger partial charge on any atom is 0.316 e. The molecule has 3 amide bonds. The first-order valence-electron chi connectivity index (χ1n) is 5.35. The maximum atomic E-state index is 12.1. The normalized spacial score (nSPS) is 22.3. The van der Waals surface area contributed by atoms with E-state index >= 15 is 0 Å². The zero-order valence-corrected chi connectivity index (χ0v) is 14.3. The molecule has 109 valence electrons. The molecule has 9 heteroatoms. The smallest absolute Gasteiger partial charge is 0.316 e. The molecule has 1 aromatic heterocycles. The van der Waals surface area contributed by atoms with Crippen LogP contribution >= 0.6 is 10.8 Å². The van der Waals surface area contributed by atoms with Crippen molar-refractivity contribution >= 4 is 40.2 Å². The Morgan fingerprint density at radius 3 is 2.70 bits per heavy atom. The van der Waals surface area contributed by atoms with Gasteiger partial charge in [-0.15, -0.1) is 0 Å². The van der Waals surface area contributed by atoms with Gasteiger partial charge in [-0.3, -0.25) is 35.5 Å². The van der Waals surface area contributed by atoms with E-state index in [0.717, 1.165) is 21.3 Å². The third-order valence-corrected chi connectivity index (χ3v) is 4.63. The molecular weight excluding hydrogens is 478 g/mol. The minimum atomic E-state index is -1.30. The van der Waals surface area contributed by atoms with Gasteiger partial charge in [-0.05, 0) is 11.6 Å². The van der Waals surface area contributed by atoms with Gasteiger partial charge in [0.15, 0.2) is 0 Å². The molecule has 1 saturated heterocycles. The predicted octanol–water partition coefficient (Wildman–Crippen LogP) is -0.372. The van der Waals surface area contributed by atoms with Crippen molar-refractivity contribution in [3.8, 4) is 0 Å². The summed E-state index contributed by atoms with van der Waals surface area (Å²) in [7, 11) is 2.20. The Hall–Kier alpha value is -0.891. The van der Waals surface area contributed by atoms with Crippen LogP contribution in [0.5, 0.6) is 0 Å². The van der Waals surface area contributed by atoms with Crippen LogP contribution in [0.4, 0.5) is 0 Å². The molecule has 1 aliphatic heterocycles. The fourth-order valence-corrected chi connectivity index (χ4v) is 3.11. The van der Waals surface area contributed by atoms with E-state index in [1.807, 2.05) is 5.32 Å². The Labute approximate surface area is 138 Å². The molecule has 1 atom stereocenters. The molecular formula is C11H10IrN3O3S2-. The summed E-state index contributed by atoms with van der Waals surface area (Å²) in [6, 6.07) is 3.51. The monoisotopic (exact) mass is 489 g/mol. The van der Waals surface area contributed by atoms with Gasteiger partial charge in [-0.2, -0.15) is 0 Å². The van der Waals surface area contributed by atoms with Gasteiger partial charge in [0, 0.05) is 46.0 Å². The predicted molar refractivity (Wildman–Crippen MR) is 71.5 cm³/mol. The number of amides is 3. The number of nitrogens with one attached hydrogen (secondary N) is 1. The van der Waals surface area contributed by atoms with Crippen LogP contribution in [0.15, 0.2) is 24.5 Å². The Balaban J connectivity index is 0.00000200. The number of hydrogen-bond acceptors (Lipinski definition) is 6. The summed E-state index contributed by atoms with van der Waals surface area (Å²) in [5.74, 6) is -2.29. The molecule has 0 aliphatic carbocycles.